The minimum absolute atomic E-state index is 1.21. The van der Waals surface area contributed by atoms with Crippen LogP contribution >= 0.6 is 0 Å². The second-order valence-corrected chi connectivity index (χ2v) is 6.50. The molecule has 0 saturated carbocycles. The summed E-state index contributed by atoms with van der Waals surface area (Å²) in [6.07, 6.45) is 9.79. The highest BCUT2D eigenvalue weighted by atomic mass is 14.2. The molecule has 0 aliphatic heterocycles. The molecule has 0 amide bonds. The molecule has 0 unspecified atom stereocenters. The molecule has 0 fully saturated rings. The lowest BCUT2D eigenvalue weighted by atomic mass is 9.87. The van der Waals surface area contributed by atoms with Gasteiger partial charge in [0.25, 0.3) is 0 Å². The highest BCUT2D eigenvalue weighted by Crippen LogP contribution is 2.31. The Morgan fingerprint density at radius 3 is 1.18 bits per heavy atom. The third-order valence-electron chi connectivity index (χ3n) is 4.66. The van der Waals surface area contributed by atoms with Crippen LogP contribution in [0.5, 0.6) is 0 Å². The van der Waals surface area contributed by atoms with Gasteiger partial charge in [-0.15, -0.1) is 0 Å². The van der Waals surface area contributed by atoms with Crippen LogP contribution in [-0.2, 0) is 25.7 Å². The predicted octanol–water partition coefficient (Wildman–Crippen LogP) is 6.65. The summed E-state index contributed by atoms with van der Waals surface area (Å²) < 4.78 is 0. The number of fused-ring (bicyclic) bond motifs is 1. The lowest BCUT2D eigenvalue weighted by Crippen LogP contribution is -2.00. The van der Waals surface area contributed by atoms with Crippen molar-refractivity contribution in [1.82, 2.24) is 0 Å². The number of rotatable bonds is 8. The Morgan fingerprint density at radius 1 is 0.500 bits per heavy atom. The van der Waals surface area contributed by atoms with Crippen molar-refractivity contribution in [1.29, 1.82) is 0 Å². The molecule has 0 N–H and O–H groups in total. The molecule has 0 aromatic heterocycles. The zero-order valence-electron chi connectivity index (χ0n) is 15.0. The van der Waals surface area contributed by atoms with Crippen LogP contribution in [0.15, 0.2) is 24.3 Å². The standard InChI is InChI=1S/C22H32/c1-5-9-17-13-15-22-20(12-8-4)18(10-6-2)14-16-21(22)19(17)11-7-3/h13-16H,5-12H2,1-4H3. The summed E-state index contributed by atoms with van der Waals surface area (Å²) in [6, 6.07) is 9.63. The molecule has 0 nitrogen and oxygen atoms in total. The zero-order valence-corrected chi connectivity index (χ0v) is 15.0. The Kier molecular flexibility index (Phi) is 6.49. The van der Waals surface area contributed by atoms with E-state index in [0.717, 1.165) is 0 Å². The smallest absolute Gasteiger partial charge is 0.0146 e. The van der Waals surface area contributed by atoms with Gasteiger partial charge in [0, 0.05) is 0 Å². The molecule has 2 aromatic carbocycles. The first-order valence-electron chi connectivity index (χ1n) is 9.31. The Balaban J connectivity index is 2.65. The van der Waals surface area contributed by atoms with Crippen molar-refractivity contribution in [3.8, 4) is 0 Å². The lowest BCUT2D eigenvalue weighted by Gasteiger charge is -2.17. The van der Waals surface area contributed by atoms with Gasteiger partial charge in [0.05, 0.1) is 0 Å². The second kappa shape index (κ2) is 8.36. The summed E-state index contributed by atoms with van der Waals surface area (Å²) in [5.41, 5.74) is 6.37. The van der Waals surface area contributed by atoms with Crippen LogP contribution in [0.2, 0.25) is 0 Å². The van der Waals surface area contributed by atoms with E-state index < -0.39 is 0 Å². The van der Waals surface area contributed by atoms with Gasteiger partial charge in [0.1, 0.15) is 0 Å². The maximum Gasteiger partial charge on any atom is -0.0146 e. The average molecular weight is 296 g/mol. The first-order chi connectivity index (χ1) is 10.8. The van der Waals surface area contributed by atoms with Crippen molar-refractivity contribution < 1.29 is 0 Å². The number of hydrogen-bond donors (Lipinski definition) is 0. The van der Waals surface area contributed by atoms with E-state index in [0.29, 0.717) is 0 Å². The predicted molar refractivity (Wildman–Crippen MR) is 99.9 cm³/mol. The van der Waals surface area contributed by atoms with E-state index in [4.69, 9.17) is 0 Å². The molecule has 120 valence electrons. The van der Waals surface area contributed by atoms with E-state index in [1.54, 1.807) is 22.3 Å². The first-order valence-corrected chi connectivity index (χ1v) is 9.31. The number of aryl methyl sites for hydroxylation is 4. The molecule has 2 rings (SSSR count). The maximum absolute atomic E-state index is 2.41. The topological polar surface area (TPSA) is 0 Å². The summed E-state index contributed by atoms with van der Waals surface area (Å²) in [5, 5.41) is 3.05. The molecule has 2 aromatic rings. The summed E-state index contributed by atoms with van der Waals surface area (Å²) in [5.74, 6) is 0. The average Bonchev–Trinajstić information content (AvgIpc) is 2.52. The van der Waals surface area contributed by atoms with Crippen LogP contribution in [0, 0.1) is 0 Å². The Hall–Kier alpha value is -1.30. The summed E-state index contributed by atoms with van der Waals surface area (Å²) in [7, 11) is 0. The lowest BCUT2D eigenvalue weighted by molar-refractivity contribution is 0.860. The molecule has 22 heavy (non-hydrogen) atoms. The molecule has 0 aliphatic rings. The largest absolute Gasteiger partial charge is 0.0651 e. The van der Waals surface area contributed by atoms with E-state index in [2.05, 4.69) is 52.0 Å². The summed E-state index contributed by atoms with van der Waals surface area (Å²) >= 11 is 0. The fraction of sp³-hybridized carbons (Fsp3) is 0.545. The molecule has 0 heterocycles. The summed E-state index contributed by atoms with van der Waals surface area (Å²) in [4.78, 5) is 0. The Bertz CT molecular complexity index is 552. The molecule has 0 heteroatoms. The quantitative estimate of drug-likeness (QED) is 0.511. The second-order valence-electron chi connectivity index (χ2n) is 6.50. The summed E-state index contributed by atoms with van der Waals surface area (Å²) in [6.45, 7) is 9.17. The van der Waals surface area contributed by atoms with Gasteiger partial charge in [-0.05, 0) is 58.7 Å². The van der Waals surface area contributed by atoms with Crippen molar-refractivity contribution in [3.63, 3.8) is 0 Å². The zero-order chi connectivity index (χ0) is 15.9. The number of benzene rings is 2. The van der Waals surface area contributed by atoms with Gasteiger partial charge in [-0.1, -0.05) is 77.6 Å². The first kappa shape index (κ1) is 17.1. The molecule has 0 bridgehead atoms. The fourth-order valence-electron chi connectivity index (χ4n) is 3.72. The van der Waals surface area contributed by atoms with Crippen LogP contribution in [-0.4, -0.2) is 0 Å². The third-order valence-corrected chi connectivity index (χ3v) is 4.66. The molecular formula is C22H32. The highest BCUT2D eigenvalue weighted by molar-refractivity contribution is 5.90. The van der Waals surface area contributed by atoms with Gasteiger partial charge in [0.15, 0.2) is 0 Å². The van der Waals surface area contributed by atoms with Crippen molar-refractivity contribution in [2.45, 2.75) is 79.1 Å². The molecule has 0 saturated heterocycles. The van der Waals surface area contributed by atoms with E-state index in [-0.39, 0.29) is 0 Å². The van der Waals surface area contributed by atoms with Gasteiger partial charge in [-0.3, -0.25) is 0 Å². The monoisotopic (exact) mass is 296 g/mol. The maximum atomic E-state index is 2.41. The van der Waals surface area contributed by atoms with Crippen LogP contribution < -0.4 is 0 Å². The van der Waals surface area contributed by atoms with E-state index >= 15 is 0 Å². The highest BCUT2D eigenvalue weighted by Gasteiger charge is 2.12. The Morgan fingerprint density at radius 2 is 0.864 bits per heavy atom. The molecule has 0 atom stereocenters. The van der Waals surface area contributed by atoms with Crippen LogP contribution in [0.3, 0.4) is 0 Å². The van der Waals surface area contributed by atoms with E-state index in [1.165, 1.54) is 62.1 Å². The minimum Gasteiger partial charge on any atom is -0.0651 e. The van der Waals surface area contributed by atoms with Crippen molar-refractivity contribution >= 4 is 10.8 Å². The number of hydrogen-bond acceptors (Lipinski definition) is 0. The van der Waals surface area contributed by atoms with Crippen molar-refractivity contribution in [3.05, 3.63) is 46.5 Å². The van der Waals surface area contributed by atoms with Gasteiger partial charge in [0.2, 0.25) is 0 Å². The molecule has 0 aliphatic carbocycles. The third kappa shape index (κ3) is 3.54. The fourth-order valence-corrected chi connectivity index (χ4v) is 3.72. The molecule has 0 spiro atoms. The van der Waals surface area contributed by atoms with Crippen molar-refractivity contribution in [2.24, 2.45) is 0 Å². The molecule has 0 radical (unpaired) electrons. The molecular weight excluding hydrogens is 264 g/mol. The van der Waals surface area contributed by atoms with E-state index in [9.17, 15) is 0 Å². The van der Waals surface area contributed by atoms with Gasteiger partial charge >= 0.3 is 0 Å². The van der Waals surface area contributed by atoms with Crippen LogP contribution in [0.1, 0.15) is 75.6 Å². The van der Waals surface area contributed by atoms with Crippen LogP contribution in [0.25, 0.3) is 10.8 Å². The minimum atomic E-state index is 1.21. The van der Waals surface area contributed by atoms with Gasteiger partial charge in [-0.25, -0.2) is 0 Å². The van der Waals surface area contributed by atoms with E-state index in [1.807, 2.05) is 0 Å². The van der Waals surface area contributed by atoms with Crippen LogP contribution in [0.4, 0.5) is 0 Å². The Labute approximate surface area is 136 Å². The normalized spacial score (nSPS) is 11.3. The van der Waals surface area contributed by atoms with Gasteiger partial charge in [-0.2, -0.15) is 0 Å². The SMILES string of the molecule is CCCc1ccc2c(CCC)c(CCC)ccc2c1CCC. The van der Waals surface area contributed by atoms with Crippen molar-refractivity contribution in [2.75, 3.05) is 0 Å². The van der Waals surface area contributed by atoms with Gasteiger partial charge < -0.3 is 0 Å².